The van der Waals surface area contributed by atoms with Gasteiger partial charge < -0.3 is 29.1 Å². The summed E-state index contributed by atoms with van der Waals surface area (Å²) < 4.78 is 16.8. The SMILES string of the molecule is C=CCOc1ccc([C@@H]2C(=C(O)c3ccc4c(c3)OCCO4)C(=O)C(=O)N2CCCN(C)C)cc1. The predicted octanol–water partition coefficient (Wildman–Crippen LogP) is 3.40. The van der Waals surface area contributed by atoms with Gasteiger partial charge in [-0.15, -0.1) is 0 Å². The molecule has 35 heavy (non-hydrogen) atoms. The Morgan fingerprint density at radius 2 is 1.86 bits per heavy atom. The molecule has 2 heterocycles. The summed E-state index contributed by atoms with van der Waals surface area (Å²) in [7, 11) is 3.91. The van der Waals surface area contributed by atoms with Crippen molar-refractivity contribution in [2.75, 3.05) is 47.0 Å². The zero-order valence-corrected chi connectivity index (χ0v) is 20.0. The van der Waals surface area contributed by atoms with Crippen LogP contribution in [-0.2, 0) is 9.59 Å². The summed E-state index contributed by atoms with van der Waals surface area (Å²) >= 11 is 0. The number of carbonyl (C=O) groups excluding carboxylic acids is 2. The second kappa shape index (κ2) is 10.7. The largest absolute Gasteiger partial charge is 0.507 e. The average molecular weight is 479 g/mol. The lowest BCUT2D eigenvalue weighted by atomic mass is 9.95. The molecule has 0 aliphatic carbocycles. The van der Waals surface area contributed by atoms with Gasteiger partial charge >= 0.3 is 0 Å². The maximum absolute atomic E-state index is 13.2. The van der Waals surface area contributed by atoms with Crippen LogP contribution in [0.3, 0.4) is 0 Å². The summed E-state index contributed by atoms with van der Waals surface area (Å²) in [6, 6.07) is 11.4. The molecule has 1 saturated heterocycles. The highest BCUT2D eigenvalue weighted by molar-refractivity contribution is 6.46. The zero-order valence-electron chi connectivity index (χ0n) is 20.0. The van der Waals surface area contributed by atoms with Gasteiger partial charge in [0.2, 0.25) is 0 Å². The van der Waals surface area contributed by atoms with Crippen LogP contribution in [0.4, 0.5) is 0 Å². The number of rotatable bonds is 9. The molecule has 1 N–H and O–H groups in total. The molecule has 0 aromatic heterocycles. The van der Waals surface area contributed by atoms with Gasteiger partial charge in [-0.2, -0.15) is 0 Å². The molecule has 8 heteroatoms. The monoisotopic (exact) mass is 478 g/mol. The van der Waals surface area contributed by atoms with Gasteiger partial charge in [0.25, 0.3) is 11.7 Å². The quantitative estimate of drug-likeness (QED) is 0.256. The van der Waals surface area contributed by atoms with Gasteiger partial charge in [0.1, 0.15) is 31.3 Å². The zero-order chi connectivity index (χ0) is 24.9. The number of benzene rings is 2. The molecule has 0 spiro atoms. The van der Waals surface area contributed by atoms with E-state index in [1.54, 1.807) is 36.4 Å². The topological polar surface area (TPSA) is 88.5 Å². The fraction of sp³-hybridized carbons (Fsp3) is 0.333. The van der Waals surface area contributed by atoms with E-state index >= 15 is 0 Å². The number of hydrogen-bond acceptors (Lipinski definition) is 7. The van der Waals surface area contributed by atoms with E-state index in [2.05, 4.69) is 6.58 Å². The number of nitrogens with zero attached hydrogens (tertiary/aromatic N) is 2. The second-order valence-corrected chi connectivity index (χ2v) is 8.68. The number of ketones is 1. The van der Waals surface area contributed by atoms with E-state index in [0.29, 0.717) is 61.2 Å². The normalized spacial score (nSPS) is 18.7. The Bertz CT molecular complexity index is 1140. The Kier molecular flexibility index (Phi) is 7.41. The fourth-order valence-electron chi connectivity index (χ4n) is 4.26. The van der Waals surface area contributed by atoms with Gasteiger partial charge in [0, 0.05) is 12.1 Å². The van der Waals surface area contributed by atoms with E-state index in [-0.39, 0.29) is 11.3 Å². The van der Waals surface area contributed by atoms with Crippen LogP contribution in [0.25, 0.3) is 5.76 Å². The standard InChI is InChI=1S/C27H30N2O6/c1-4-14-33-20-9-6-18(7-10-20)24-23(26(31)27(32)29(24)13-5-12-28(2)3)25(30)19-8-11-21-22(17-19)35-16-15-34-21/h4,6-11,17,24,30H,1,5,12-16H2,2-3H3/t24-/m1/s1. The lowest BCUT2D eigenvalue weighted by molar-refractivity contribution is -0.139. The molecule has 0 radical (unpaired) electrons. The molecule has 0 saturated carbocycles. The van der Waals surface area contributed by atoms with Crippen LogP contribution in [0.1, 0.15) is 23.6 Å². The Morgan fingerprint density at radius 1 is 1.14 bits per heavy atom. The van der Waals surface area contributed by atoms with Crippen molar-refractivity contribution in [3.05, 3.63) is 71.8 Å². The first-order valence-corrected chi connectivity index (χ1v) is 11.6. The van der Waals surface area contributed by atoms with Crippen LogP contribution in [0.5, 0.6) is 17.2 Å². The van der Waals surface area contributed by atoms with Gasteiger partial charge in [-0.3, -0.25) is 9.59 Å². The van der Waals surface area contributed by atoms with Crippen molar-refractivity contribution in [1.29, 1.82) is 0 Å². The molecule has 1 amide bonds. The van der Waals surface area contributed by atoms with Gasteiger partial charge in [-0.25, -0.2) is 0 Å². The number of aliphatic hydroxyl groups is 1. The first kappa shape index (κ1) is 24.3. The molecule has 2 aromatic rings. The minimum Gasteiger partial charge on any atom is -0.507 e. The molecule has 2 aliphatic heterocycles. The Balaban J connectivity index is 1.74. The molecule has 184 valence electrons. The molecule has 2 aromatic carbocycles. The summed E-state index contributed by atoms with van der Waals surface area (Å²) in [6.07, 6.45) is 2.34. The highest BCUT2D eigenvalue weighted by Gasteiger charge is 2.45. The predicted molar refractivity (Wildman–Crippen MR) is 132 cm³/mol. The summed E-state index contributed by atoms with van der Waals surface area (Å²) in [4.78, 5) is 29.8. The molecule has 2 aliphatic rings. The molecular formula is C27H30N2O6. The molecule has 8 nitrogen and oxygen atoms in total. The summed E-state index contributed by atoms with van der Waals surface area (Å²) in [5, 5.41) is 11.3. The van der Waals surface area contributed by atoms with E-state index in [1.807, 2.05) is 31.1 Å². The first-order valence-electron chi connectivity index (χ1n) is 11.6. The minimum absolute atomic E-state index is 0.0521. The van der Waals surface area contributed by atoms with Crippen molar-refractivity contribution in [1.82, 2.24) is 9.80 Å². The van der Waals surface area contributed by atoms with Gasteiger partial charge in [0.15, 0.2) is 11.5 Å². The third kappa shape index (κ3) is 5.17. The number of amides is 1. The van der Waals surface area contributed by atoms with Crippen molar-refractivity contribution in [3.63, 3.8) is 0 Å². The van der Waals surface area contributed by atoms with Crippen LogP contribution in [0, 0.1) is 0 Å². The summed E-state index contributed by atoms with van der Waals surface area (Å²) in [5.74, 6) is 0.126. The lowest BCUT2D eigenvalue weighted by Gasteiger charge is -2.26. The fourth-order valence-corrected chi connectivity index (χ4v) is 4.26. The van der Waals surface area contributed by atoms with Crippen LogP contribution >= 0.6 is 0 Å². The lowest BCUT2D eigenvalue weighted by Crippen LogP contribution is -2.32. The summed E-state index contributed by atoms with van der Waals surface area (Å²) in [6.45, 7) is 5.99. The summed E-state index contributed by atoms with van der Waals surface area (Å²) in [5.41, 5.74) is 1.15. The smallest absolute Gasteiger partial charge is 0.295 e. The van der Waals surface area contributed by atoms with Crippen LogP contribution in [-0.4, -0.2) is 73.6 Å². The number of ether oxygens (including phenoxy) is 3. The van der Waals surface area contributed by atoms with Crippen molar-refractivity contribution < 1.29 is 28.9 Å². The van der Waals surface area contributed by atoms with Gasteiger partial charge in [0.05, 0.1) is 11.6 Å². The van der Waals surface area contributed by atoms with E-state index in [4.69, 9.17) is 14.2 Å². The Labute approximate surface area is 205 Å². The maximum atomic E-state index is 13.2. The highest BCUT2D eigenvalue weighted by Crippen LogP contribution is 2.41. The van der Waals surface area contributed by atoms with Crippen LogP contribution in [0.2, 0.25) is 0 Å². The maximum Gasteiger partial charge on any atom is 0.295 e. The number of likely N-dealkylation sites (tertiary alicyclic amines) is 1. The van der Waals surface area contributed by atoms with Gasteiger partial charge in [-0.05, 0) is 63.0 Å². The van der Waals surface area contributed by atoms with Gasteiger partial charge in [-0.1, -0.05) is 24.8 Å². The average Bonchev–Trinajstić information content (AvgIpc) is 3.12. The van der Waals surface area contributed by atoms with Crippen molar-refractivity contribution >= 4 is 17.4 Å². The molecule has 4 rings (SSSR count). The van der Waals surface area contributed by atoms with E-state index < -0.39 is 17.7 Å². The third-order valence-corrected chi connectivity index (χ3v) is 5.92. The molecule has 1 atom stereocenters. The van der Waals surface area contributed by atoms with E-state index in [9.17, 15) is 14.7 Å². The number of fused-ring (bicyclic) bond motifs is 1. The number of Topliss-reactive ketones (excluding diaryl/α,β-unsaturated/α-hetero) is 1. The number of aliphatic hydroxyl groups excluding tert-OH is 1. The number of carbonyl (C=O) groups is 2. The Morgan fingerprint density at radius 3 is 2.54 bits per heavy atom. The second-order valence-electron chi connectivity index (χ2n) is 8.68. The Hall–Kier alpha value is -3.78. The minimum atomic E-state index is -0.723. The van der Waals surface area contributed by atoms with E-state index in [0.717, 1.165) is 6.54 Å². The molecular weight excluding hydrogens is 448 g/mol. The van der Waals surface area contributed by atoms with Crippen LogP contribution < -0.4 is 14.2 Å². The van der Waals surface area contributed by atoms with E-state index in [1.165, 1.54) is 4.90 Å². The number of hydrogen-bond donors (Lipinski definition) is 1. The van der Waals surface area contributed by atoms with Crippen molar-refractivity contribution in [2.45, 2.75) is 12.5 Å². The first-order chi connectivity index (χ1) is 16.9. The van der Waals surface area contributed by atoms with Crippen molar-refractivity contribution in [2.24, 2.45) is 0 Å². The van der Waals surface area contributed by atoms with Crippen LogP contribution in [0.15, 0.2) is 60.7 Å². The highest BCUT2D eigenvalue weighted by atomic mass is 16.6. The molecule has 0 bridgehead atoms. The molecule has 0 unspecified atom stereocenters. The van der Waals surface area contributed by atoms with Crippen molar-refractivity contribution in [3.8, 4) is 17.2 Å². The third-order valence-electron chi connectivity index (χ3n) is 5.92. The molecule has 1 fully saturated rings.